The minimum atomic E-state index is -1.66. The molecule has 0 aromatic heterocycles. The third kappa shape index (κ3) is 6.63. The Morgan fingerprint density at radius 1 is 0.923 bits per heavy atom. The Bertz CT molecular complexity index is 496. The Kier molecular flexibility index (Phi) is 9.27. The number of hydrogen-bond acceptors (Lipinski definition) is 2. The molecule has 1 aromatic rings. The van der Waals surface area contributed by atoms with Crippen LogP contribution >= 0.6 is 0 Å². The normalized spacial score (nSPS) is 14.5. The van der Waals surface area contributed by atoms with Crippen molar-refractivity contribution >= 4 is 16.6 Å². The molecule has 150 valence electrons. The molecule has 26 heavy (non-hydrogen) atoms. The highest BCUT2D eigenvalue weighted by molar-refractivity contribution is 6.74. The first-order chi connectivity index (χ1) is 12.1. The van der Waals surface area contributed by atoms with Gasteiger partial charge in [0.2, 0.25) is 0 Å². The largest absolute Gasteiger partial charge is 0.417 e. The van der Waals surface area contributed by atoms with Crippen molar-refractivity contribution in [1.29, 1.82) is 0 Å². The maximum atomic E-state index is 6.87. The van der Waals surface area contributed by atoms with Crippen LogP contribution in [0, 0.1) is 0 Å². The molecule has 2 nitrogen and oxygen atoms in total. The van der Waals surface area contributed by atoms with E-state index in [-0.39, 0.29) is 11.1 Å². The van der Waals surface area contributed by atoms with Crippen molar-refractivity contribution in [1.82, 2.24) is 0 Å². The molecule has 0 amide bonds. The van der Waals surface area contributed by atoms with Gasteiger partial charge in [-0.05, 0) is 54.7 Å². The Balaban J connectivity index is 2.76. The Hall–Kier alpha value is -0.426. The highest BCUT2D eigenvalue weighted by Gasteiger charge is 2.37. The fourth-order valence-corrected chi connectivity index (χ4v) is 7.02. The standard InChI is InChI=1S/C22H42O2Si2/c1-9-26(10-2,11-3)24-21(20-16-13-12-14-17-20)18-15-19-23-25(7,8)22(4,5)6/h12-14,16-17,21H,9-11,15,18-19H2,1-8H3/t21-/m0/s1. The molecule has 1 rings (SSSR count). The van der Waals surface area contributed by atoms with Gasteiger partial charge in [-0.25, -0.2) is 0 Å². The van der Waals surface area contributed by atoms with E-state index in [4.69, 9.17) is 8.85 Å². The molecule has 0 N–H and O–H groups in total. The van der Waals surface area contributed by atoms with Crippen LogP contribution in [0.5, 0.6) is 0 Å². The van der Waals surface area contributed by atoms with Crippen LogP contribution in [0.4, 0.5) is 0 Å². The van der Waals surface area contributed by atoms with E-state index >= 15 is 0 Å². The van der Waals surface area contributed by atoms with Crippen molar-refractivity contribution in [3.63, 3.8) is 0 Å². The molecule has 4 heteroatoms. The van der Waals surface area contributed by atoms with Crippen LogP contribution in [-0.4, -0.2) is 23.2 Å². The zero-order valence-corrected chi connectivity index (χ0v) is 20.5. The summed E-state index contributed by atoms with van der Waals surface area (Å²) in [5, 5.41) is 0.275. The van der Waals surface area contributed by atoms with Crippen molar-refractivity contribution in [2.75, 3.05) is 6.61 Å². The van der Waals surface area contributed by atoms with Gasteiger partial charge in [-0.1, -0.05) is 71.9 Å². The lowest BCUT2D eigenvalue weighted by Crippen LogP contribution is -2.41. The first kappa shape index (κ1) is 23.6. The minimum Gasteiger partial charge on any atom is -0.417 e. The summed E-state index contributed by atoms with van der Waals surface area (Å²) in [4.78, 5) is 0. The number of rotatable bonds is 11. The smallest absolute Gasteiger partial charge is 0.192 e. The van der Waals surface area contributed by atoms with Gasteiger partial charge in [0.05, 0.1) is 6.10 Å². The summed E-state index contributed by atoms with van der Waals surface area (Å²) >= 11 is 0. The average Bonchev–Trinajstić information content (AvgIpc) is 2.61. The molecule has 0 radical (unpaired) electrons. The lowest BCUT2D eigenvalue weighted by molar-refractivity contribution is 0.163. The van der Waals surface area contributed by atoms with Crippen LogP contribution in [0.2, 0.25) is 36.3 Å². The van der Waals surface area contributed by atoms with Crippen LogP contribution < -0.4 is 0 Å². The topological polar surface area (TPSA) is 18.5 Å². The van der Waals surface area contributed by atoms with Crippen LogP contribution in [0.25, 0.3) is 0 Å². The maximum absolute atomic E-state index is 6.87. The quantitative estimate of drug-likeness (QED) is 0.285. The fourth-order valence-electron chi connectivity index (χ4n) is 3.08. The van der Waals surface area contributed by atoms with E-state index in [9.17, 15) is 0 Å². The monoisotopic (exact) mass is 394 g/mol. The van der Waals surface area contributed by atoms with E-state index < -0.39 is 16.6 Å². The molecule has 0 spiro atoms. The average molecular weight is 395 g/mol. The van der Waals surface area contributed by atoms with Crippen molar-refractivity contribution < 1.29 is 8.85 Å². The fraction of sp³-hybridized carbons (Fsp3) is 0.727. The highest BCUT2D eigenvalue weighted by atomic mass is 28.4. The molecule has 1 aromatic carbocycles. The Labute approximate surface area is 165 Å². The molecular weight excluding hydrogens is 352 g/mol. The van der Waals surface area contributed by atoms with Gasteiger partial charge in [0, 0.05) is 6.61 Å². The molecule has 1 atom stereocenters. The predicted molar refractivity (Wildman–Crippen MR) is 120 cm³/mol. The maximum Gasteiger partial charge on any atom is 0.192 e. The molecule has 0 aliphatic heterocycles. The number of hydrogen-bond donors (Lipinski definition) is 0. The molecule has 0 fully saturated rings. The van der Waals surface area contributed by atoms with Crippen molar-refractivity contribution in [3.05, 3.63) is 35.9 Å². The second kappa shape index (κ2) is 10.2. The summed E-state index contributed by atoms with van der Waals surface area (Å²) in [6.45, 7) is 19.4. The first-order valence-electron chi connectivity index (χ1n) is 10.5. The highest BCUT2D eigenvalue weighted by Crippen LogP contribution is 2.37. The Morgan fingerprint density at radius 3 is 1.92 bits per heavy atom. The van der Waals surface area contributed by atoms with Crippen molar-refractivity contribution in [3.8, 4) is 0 Å². The lowest BCUT2D eigenvalue weighted by atomic mass is 10.1. The second-order valence-electron chi connectivity index (χ2n) is 9.01. The van der Waals surface area contributed by atoms with E-state index in [2.05, 4.69) is 85.0 Å². The summed E-state index contributed by atoms with van der Waals surface area (Å²) in [6.07, 6.45) is 2.33. The lowest BCUT2D eigenvalue weighted by Gasteiger charge is -2.37. The van der Waals surface area contributed by atoms with Gasteiger partial charge >= 0.3 is 0 Å². The zero-order chi connectivity index (χ0) is 19.8. The molecule has 0 unspecified atom stereocenters. The molecular formula is C22H42O2Si2. The minimum absolute atomic E-state index is 0.214. The molecule has 0 bridgehead atoms. The van der Waals surface area contributed by atoms with Gasteiger partial charge in [-0.15, -0.1) is 0 Å². The van der Waals surface area contributed by atoms with Gasteiger partial charge in [0.25, 0.3) is 0 Å². The molecule has 0 saturated carbocycles. The third-order valence-corrected chi connectivity index (χ3v) is 15.6. The predicted octanol–water partition coefficient (Wildman–Crippen LogP) is 7.55. The third-order valence-electron chi connectivity index (χ3n) is 6.38. The van der Waals surface area contributed by atoms with Gasteiger partial charge in [0.1, 0.15) is 0 Å². The molecule has 0 heterocycles. The number of benzene rings is 1. The summed E-state index contributed by atoms with van der Waals surface area (Å²) in [5.74, 6) is 0. The van der Waals surface area contributed by atoms with Crippen LogP contribution in [0.3, 0.4) is 0 Å². The van der Waals surface area contributed by atoms with E-state index in [0.29, 0.717) is 0 Å². The SMILES string of the molecule is CC[Si](CC)(CC)O[C@@H](CCCO[Si](C)(C)C(C)(C)C)c1ccccc1. The van der Waals surface area contributed by atoms with Gasteiger partial charge in [0.15, 0.2) is 16.6 Å². The van der Waals surface area contributed by atoms with E-state index in [1.54, 1.807) is 0 Å². The second-order valence-corrected chi connectivity index (χ2v) is 18.5. The molecule has 0 aliphatic carbocycles. The van der Waals surface area contributed by atoms with Crippen molar-refractivity contribution in [2.24, 2.45) is 0 Å². The van der Waals surface area contributed by atoms with Crippen LogP contribution in [0.15, 0.2) is 30.3 Å². The van der Waals surface area contributed by atoms with Gasteiger partial charge in [-0.3, -0.25) is 0 Å². The van der Waals surface area contributed by atoms with E-state index in [1.807, 2.05) is 0 Å². The van der Waals surface area contributed by atoms with Gasteiger partial charge in [-0.2, -0.15) is 0 Å². The first-order valence-corrected chi connectivity index (χ1v) is 15.9. The van der Waals surface area contributed by atoms with E-state index in [0.717, 1.165) is 19.4 Å². The van der Waals surface area contributed by atoms with Gasteiger partial charge < -0.3 is 8.85 Å². The summed E-state index contributed by atoms with van der Waals surface area (Å²) < 4.78 is 13.2. The zero-order valence-electron chi connectivity index (χ0n) is 18.5. The summed E-state index contributed by atoms with van der Waals surface area (Å²) in [7, 11) is -3.28. The van der Waals surface area contributed by atoms with Crippen LogP contribution in [-0.2, 0) is 8.85 Å². The Morgan fingerprint density at radius 2 is 1.46 bits per heavy atom. The molecule has 0 saturated heterocycles. The van der Waals surface area contributed by atoms with Crippen molar-refractivity contribution in [2.45, 2.75) is 96.8 Å². The summed E-state index contributed by atoms with van der Waals surface area (Å²) in [5.41, 5.74) is 1.33. The molecule has 0 aliphatic rings. The van der Waals surface area contributed by atoms with Crippen LogP contribution in [0.1, 0.15) is 66.1 Å². The summed E-state index contributed by atoms with van der Waals surface area (Å²) in [6, 6.07) is 14.4. The van der Waals surface area contributed by atoms with E-state index in [1.165, 1.54) is 23.7 Å².